The highest BCUT2D eigenvalue weighted by molar-refractivity contribution is 6.31. The van der Waals surface area contributed by atoms with Gasteiger partial charge in [0.2, 0.25) is 0 Å². The number of fused-ring (bicyclic) bond motifs is 1. The lowest BCUT2D eigenvalue weighted by molar-refractivity contribution is 0.555. The summed E-state index contributed by atoms with van der Waals surface area (Å²) < 4.78 is 1.73. The second kappa shape index (κ2) is 5.57. The Hall–Kier alpha value is -2.14. The Balaban J connectivity index is 1.80. The van der Waals surface area contributed by atoms with Crippen molar-refractivity contribution in [3.05, 3.63) is 52.8 Å². The zero-order valence-corrected chi connectivity index (χ0v) is 13.6. The Morgan fingerprint density at radius 1 is 1.14 bits per heavy atom. The van der Waals surface area contributed by atoms with Gasteiger partial charge in [-0.1, -0.05) is 43.6 Å². The van der Waals surface area contributed by atoms with Crippen LogP contribution in [0, 0.1) is 6.92 Å². The molecule has 0 bridgehead atoms. The number of benzene rings is 1. The van der Waals surface area contributed by atoms with Gasteiger partial charge >= 0.3 is 0 Å². The van der Waals surface area contributed by atoms with Gasteiger partial charge in [0.05, 0.1) is 0 Å². The molecule has 0 fully saturated rings. The molecule has 3 aromatic rings. The number of aryl methyl sites for hydroxylation is 1. The summed E-state index contributed by atoms with van der Waals surface area (Å²) in [5.41, 5.74) is 1.75. The lowest BCUT2D eigenvalue weighted by Gasteiger charge is -2.27. The number of hydrogen-bond donors (Lipinski definition) is 1. The molecular weight excluding hydrogens is 298 g/mol. The number of aromatic nitrogens is 4. The van der Waals surface area contributed by atoms with Crippen molar-refractivity contribution >= 4 is 23.1 Å². The minimum Gasteiger partial charge on any atom is -0.368 e. The average molecular weight is 316 g/mol. The van der Waals surface area contributed by atoms with E-state index in [1.807, 2.05) is 37.3 Å². The molecule has 2 heterocycles. The number of rotatable bonds is 4. The van der Waals surface area contributed by atoms with Crippen LogP contribution in [0.25, 0.3) is 5.65 Å². The summed E-state index contributed by atoms with van der Waals surface area (Å²) in [5, 5.41) is 16.7. The molecule has 0 amide bonds. The highest BCUT2D eigenvalue weighted by Crippen LogP contribution is 2.29. The summed E-state index contributed by atoms with van der Waals surface area (Å²) in [5.74, 6) is 1.56. The Bertz CT molecular complexity index is 809. The first kappa shape index (κ1) is 14.8. The molecule has 5 nitrogen and oxygen atoms in total. The van der Waals surface area contributed by atoms with Crippen LogP contribution in [-0.4, -0.2) is 26.4 Å². The van der Waals surface area contributed by atoms with Gasteiger partial charge in [-0.3, -0.25) is 0 Å². The van der Waals surface area contributed by atoms with Gasteiger partial charge in [-0.05, 0) is 30.7 Å². The maximum atomic E-state index is 6.31. The summed E-state index contributed by atoms with van der Waals surface area (Å²) in [6.45, 7) is 6.91. The number of nitrogens with one attached hydrogen (secondary N) is 1. The van der Waals surface area contributed by atoms with Crippen molar-refractivity contribution < 1.29 is 0 Å². The summed E-state index contributed by atoms with van der Waals surface area (Å²) in [7, 11) is 0. The maximum Gasteiger partial charge on any atom is 0.178 e. The van der Waals surface area contributed by atoms with Crippen molar-refractivity contribution in [1.82, 2.24) is 19.8 Å². The fourth-order valence-corrected chi connectivity index (χ4v) is 2.80. The average Bonchev–Trinajstić information content (AvgIpc) is 2.87. The Kier molecular flexibility index (Phi) is 3.74. The number of halogens is 1. The molecule has 6 heteroatoms. The molecular formula is C16H18ClN5. The van der Waals surface area contributed by atoms with Crippen molar-refractivity contribution in [3.8, 4) is 0 Å². The molecule has 3 rings (SSSR count). The maximum absolute atomic E-state index is 6.31. The third kappa shape index (κ3) is 2.76. The smallest absolute Gasteiger partial charge is 0.178 e. The molecule has 0 saturated carbocycles. The van der Waals surface area contributed by atoms with Crippen molar-refractivity contribution in [2.45, 2.75) is 26.2 Å². The molecule has 0 radical (unpaired) electrons. The number of anilines is 1. The van der Waals surface area contributed by atoms with Crippen LogP contribution in [0.2, 0.25) is 5.02 Å². The van der Waals surface area contributed by atoms with Crippen LogP contribution in [0.15, 0.2) is 36.4 Å². The lowest BCUT2D eigenvalue weighted by atomic mass is 9.84. The van der Waals surface area contributed by atoms with E-state index < -0.39 is 0 Å². The normalized spacial score (nSPS) is 11.8. The third-order valence-corrected chi connectivity index (χ3v) is 4.06. The zero-order valence-electron chi connectivity index (χ0n) is 12.8. The summed E-state index contributed by atoms with van der Waals surface area (Å²) >= 11 is 6.31. The Labute approximate surface area is 134 Å². The van der Waals surface area contributed by atoms with E-state index >= 15 is 0 Å². The third-order valence-electron chi connectivity index (χ3n) is 3.73. The van der Waals surface area contributed by atoms with Gasteiger partial charge in [-0.15, -0.1) is 15.3 Å². The van der Waals surface area contributed by atoms with Gasteiger partial charge < -0.3 is 5.32 Å². The van der Waals surface area contributed by atoms with Crippen LogP contribution < -0.4 is 5.32 Å². The van der Waals surface area contributed by atoms with E-state index in [1.165, 1.54) is 0 Å². The van der Waals surface area contributed by atoms with E-state index in [1.54, 1.807) is 4.52 Å². The van der Waals surface area contributed by atoms with Crippen LogP contribution in [0.3, 0.4) is 0 Å². The molecule has 22 heavy (non-hydrogen) atoms. The Morgan fingerprint density at radius 3 is 2.68 bits per heavy atom. The highest BCUT2D eigenvalue weighted by Gasteiger charge is 2.23. The van der Waals surface area contributed by atoms with E-state index in [2.05, 4.69) is 40.5 Å². The predicted octanol–water partition coefficient (Wildman–Crippen LogP) is 3.48. The standard InChI is InChI=1S/C16H18ClN5/c1-11-19-20-15-9-8-14(21-22(11)15)18-10-16(2,3)12-6-4-5-7-13(12)17/h4-9H,10H2,1-3H3,(H,18,21). The Morgan fingerprint density at radius 2 is 1.91 bits per heavy atom. The SMILES string of the molecule is Cc1nnc2ccc(NCC(C)(C)c3ccccc3Cl)nn12. The van der Waals surface area contributed by atoms with Crippen molar-refractivity contribution in [3.63, 3.8) is 0 Å². The van der Waals surface area contributed by atoms with Crippen molar-refractivity contribution in [1.29, 1.82) is 0 Å². The molecule has 0 aliphatic carbocycles. The second-order valence-corrected chi connectivity index (χ2v) is 6.36. The first-order chi connectivity index (χ1) is 10.5. The van der Waals surface area contributed by atoms with Crippen LogP contribution in [0.5, 0.6) is 0 Å². The van der Waals surface area contributed by atoms with E-state index in [0.29, 0.717) is 0 Å². The molecule has 0 saturated heterocycles. The van der Waals surface area contributed by atoms with Gasteiger partial charge in [0.15, 0.2) is 11.5 Å². The molecule has 1 N–H and O–H groups in total. The molecule has 2 aromatic heterocycles. The zero-order chi connectivity index (χ0) is 15.7. The van der Waals surface area contributed by atoms with Gasteiger partial charge in [0, 0.05) is 17.0 Å². The van der Waals surface area contributed by atoms with Gasteiger partial charge in [0.25, 0.3) is 0 Å². The number of hydrogen-bond acceptors (Lipinski definition) is 4. The van der Waals surface area contributed by atoms with Crippen LogP contribution >= 0.6 is 11.6 Å². The quantitative estimate of drug-likeness (QED) is 0.801. The highest BCUT2D eigenvalue weighted by atomic mass is 35.5. The first-order valence-corrected chi connectivity index (χ1v) is 7.53. The van der Waals surface area contributed by atoms with Crippen molar-refractivity contribution in [2.24, 2.45) is 0 Å². The topological polar surface area (TPSA) is 55.1 Å². The van der Waals surface area contributed by atoms with E-state index in [-0.39, 0.29) is 5.41 Å². The molecule has 0 atom stereocenters. The minimum atomic E-state index is -0.114. The largest absolute Gasteiger partial charge is 0.368 e. The van der Waals surface area contributed by atoms with Crippen LogP contribution in [-0.2, 0) is 5.41 Å². The molecule has 0 spiro atoms. The second-order valence-electron chi connectivity index (χ2n) is 5.95. The van der Waals surface area contributed by atoms with Gasteiger partial charge in [0.1, 0.15) is 5.82 Å². The summed E-state index contributed by atoms with van der Waals surface area (Å²) in [6, 6.07) is 11.7. The fraction of sp³-hybridized carbons (Fsp3) is 0.312. The molecule has 114 valence electrons. The van der Waals surface area contributed by atoms with Gasteiger partial charge in [-0.2, -0.15) is 4.52 Å². The lowest BCUT2D eigenvalue weighted by Crippen LogP contribution is -2.28. The van der Waals surface area contributed by atoms with Crippen molar-refractivity contribution in [2.75, 3.05) is 11.9 Å². The van der Waals surface area contributed by atoms with Crippen LogP contribution in [0.4, 0.5) is 5.82 Å². The summed E-state index contributed by atoms with van der Waals surface area (Å²) in [6.07, 6.45) is 0. The monoisotopic (exact) mass is 315 g/mol. The molecule has 0 aliphatic heterocycles. The van der Waals surface area contributed by atoms with E-state index in [9.17, 15) is 0 Å². The molecule has 1 aromatic carbocycles. The van der Waals surface area contributed by atoms with Gasteiger partial charge in [-0.25, -0.2) is 0 Å². The number of nitrogens with zero attached hydrogens (tertiary/aromatic N) is 4. The van der Waals surface area contributed by atoms with Crippen LogP contribution in [0.1, 0.15) is 25.2 Å². The first-order valence-electron chi connectivity index (χ1n) is 7.15. The van der Waals surface area contributed by atoms with E-state index in [4.69, 9.17) is 11.6 Å². The fourth-order valence-electron chi connectivity index (χ4n) is 2.41. The summed E-state index contributed by atoms with van der Waals surface area (Å²) in [4.78, 5) is 0. The molecule has 0 unspecified atom stereocenters. The minimum absolute atomic E-state index is 0.114. The van der Waals surface area contributed by atoms with E-state index in [0.717, 1.165) is 34.4 Å². The predicted molar refractivity (Wildman–Crippen MR) is 88.5 cm³/mol. The molecule has 0 aliphatic rings.